The summed E-state index contributed by atoms with van der Waals surface area (Å²) in [5.41, 5.74) is 0.730. The number of hydrogen-bond acceptors (Lipinski definition) is 3. The zero-order valence-electron chi connectivity index (χ0n) is 10.2. The standard InChI is InChI=1S/C13H12FNO3S/c1-19(16,17)18-10-4-7-13(14)15-9-8-11-5-2-3-6-12(11)15/h2-10H,1H3/b10-4-,13-7+. The molecule has 0 saturated heterocycles. The van der Waals surface area contributed by atoms with Gasteiger partial charge < -0.3 is 4.18 Å². The SMILES string of the molecule is CS(=O)(=O)O/C=C\C=C(/F)n1ccc2ccccc21. The van der Waals surface area contributed by atoms with E-state index in [1.165, 1.54) is 10.6 Å². The molecule has 0 unspecified atom stereocenters. The van der Waals surface area contributed by atoms with Crippen molar-refractivity contribution < 1.29 is 17.0 Å². The van der Waals surface area contributed by atoms with Gasteiger partial charge in [-0.1, -0.05) is 18.2 Å². The largest absolute Gasteiger partial charge is 0.391 e. The van der Waals surface area contributed by atoms with E-state index in [0.29, 0.717) is 0 Å². The Bertz CT molecular complexity index is 744. The molecule has 0 saturated carbocycles. The Labute approximate surface area is 110 Å². The molecule has 0 spiro atoms. The fourth-order valence-electron chi connectivity index (χ4n) is 1.60. The number of nitrogens with zero attached hydrogens (tertiary/aromatic N) is 1. The Balaban J connectivity index is 2.22. The minimum Gasteiger partial charge on any atom is -0.391 e. The summed E-state index contributed by atoms with van der Waals surface area (Å²) in [6, 6.07) is 9.14. The average Bonchev–Trinajstić information content (AvgIpc) is 2.77. The third-order valence-electron chi connectivity index (χ3n) is 2.37. The molecular formula is C13H12FNO3S. The number of benzene rings is 1. The molecule has 1 aromatic carbocycles. The van der Waals surface area contributed by atoms with Crippen molar-refractivity contribution in [3.05, 3.63) is 54.9 Å². The molecule has 0 aliphatic rings. The molecule has 4 nitrogen and oxygen atoms in total. The van der Waals surface area contributed by atoms with Crippen molar-refractivity contribution in [3.63, 3.8) is 0 Å². The van der Waals surface area contributed by atoms with Crippen LogP contribution in [0.1, 0.15) is 0 Å². The Morgan fingerprint density at radius 1 is 1.32 bits per heavy atom. The molecule has 0 radical (unpaired) electrons. The monoisotopic (exact) mass is 281 g/mol. The quantitative estimate of drug-likeness (QED) is 0.492. The molecule has 19 heavy (non-hydrogen) atoms. The van der Waals surface area contributed by atoms with Crippen molar-refractivity contribution in [1.29, 1.82) is 0 Å². The summed E-state index contributed by atoms with van der Waals surface area (Å²) in [5, 5.41) is 0.919. The fraction of sp³-hybridized carbons (Fsp3) is 0.0769. The zero-order valence-corrected chi connectivity index (χ0v) is 11.0. The zero-order chi connectivity index (χ0) is 13.9. The maximum atomic E-state index is 13.9. The lowest BCUT2D eigenvalue weighted by molar-refractivity contribution is 0.449. The van der Waals surface area contributed by atoms with Crippen LogP contribution >= 0.6 is 0 Å². The highest BCUT2D eigenvalue weighted by Gasteiger charge is 2.03. The Morgan fingerprint density at radius 2 is 2.05 bits per heavy atom. The maximum Gasteiger partial charge on any atom is 0.305 e. The van der Waals surface area contributed by atoms with Crippen molar-refractivity contribution in [1.82, 2.24) is 4.57 Å². The fourth-order valence-corrected chi connectivity index (χ4v) is 1.87. The lowest BCUT2D eigenvalue weighted by atomic mass is 10.2. The van der Waals surface area contributed by atoms with Crippen molar-refractivity contribution in [2.24, 2.45) is 0 Å². The lowest BCUT2D eigenvalue weighted by Gasteiger charge is -2.00. The molecule has 100 valence electrons. The van der Waals surface area contributed by atoms with E-state index < -0.39 is 16.1 Å². The first kappa shape index (κ1) is 13.4. The molecule has 0 atom stereocenters. The molecular weight excluding hydrogens is 269 g/mol. The van der Waals surface area contributed by atoms with Crippen molar-refractivity contribution in [2.45, 2.75) is 0 Å². The molecule has 0 amide bonds. The maximum absolute atomic E-state index is 13.9. The van der Waals surface area contributed by atoms with Gasteiger partial charge in [0.2, 0.25) is 0 Å². The second kappa shape index (κ2) is 5.27. The first-order chi connectivity index (χ1) is 8.97. The van der Waals surface area contributed by atoms with E-state index in [0.717, 1.165) is 29.5 Å². The van der Waals surface area contributed by atoms with Gasteiger partial charge in [-0.15, -0.1) is 0 Å². The van der Waals surface area contributed by atoms with Crippen LogP contribution in [0.3, 0.4) is 0 Å². The predicted octanol–water partition coefficient (Wildman–Crippen LogP) is 2.90. The lowest BCUT2D eigenvalue weighted by Crippen LogP contribution is -1.95. The highest BCUT2D eigenvalue weighted by molar-refractivity contribution is 7.86. The number of para-hydroxylation sites is 1. The second-order valence-corrected chi connectivity index (χ2v) is 5.46. The Kier molecular flexibility index (Phi) is 3.71. The summed E-state index contributed by atoms with van der Waals surface area (Å²) in [5.74, 6) is -0.533. The van der Waals surface area contributed by atoms with Crippen LogP contribution in [0.4, 0.5) is 4.39 Å². The number of hydrogen-bond donors (Lipinski definition) is 0. The number of fused-ring (bicyclic) bond motifs is 1. The normalized spacial score (nSPS) is 13.3. The van der Waals surface area contributed by atoms with Gasteiger partial charge in [-0.2, -0.15) is 12.8 Å². The van der Waals surface area contributed by atoms with Crippen molar-refractivity contribution in [3.8, 4) is 0 Å². The second-order valence-electron chi connectivity index (χ2n) is 3.86. The van der Waals surface area contributed by atoms with Gasteiger partial charge in [0.15, 0.2) is 5.95 Å². The third-order valence-corrected chi connectivity index (χ3v) is 2.83. The summed E-state index contributed by atoms with van der Waals surface area (Å²) in [4.78, 5) is 0. The summed E-state index contributed by atoms with van der Waals surface area (Å²) >= 11 is 0. The molecule has 0 aliphatic heterocycles. The van der Waals surface area contributed by atoms with Gasteiger partial charge in [-0.05, 0) is 24.3 Å². The summed E-state index contributed by atoms with van der Waals surface area (Å²) in [6.07, 6.45) is 5.74. The van der Waals surface area contributed by atoms with Gasteiger partial charge in [0.05, 0.1) is 11.8 Å². The summed E-state index contributed by atoms with van der Waals surface area (Å²) in [6.45, 7) is 0. The van der Waals surface area contributed by atoms with Gasteiger partial charge in [-0.3, -0.25) is 4.57 Å². The van der Waals surface area contributed by atoms with Gasteiger partial charge in [-0.25, -0.2) is 0 Å². The number of rotatable bonds is 4. The van der Waals surface area contributed by atoms with Crippen LogP contribution in [0.5, 0.6) is 0 Å². The molecule has 2 aromatic rings. The molecule has 0 bridgehead atoms. The summed E-state index contributed by atoms with van der Waals surface area (Å²) < 4.78 is 41.0. The molecule has 0 aliphatic carbocycles. The number of allylic oxidation sites excluding steroid dienone is 2. The van der Waals surface area contributed by atoms with E-state index in [-0.39, 0.29) is 0 Å². The van der Waals surface area contributed by atoms with Gasteiger partial charge in [0.1, 0.15) is 6.26 Å². The van der Waals surface area contributed by atoms with Crippen molar-refractivity contribution >= 4 is 27.0 Å². The van der Waals surface area contributed by atoms with E-state index in [2.05, 4.69) is 4.18 Å². The van der Waals surface area contributed by atoms with Gasteiger partial charge in [0, 0.05) is 11.6 Å². The van der Waals surface area contributed by atoms with Crippen LogP contribution in [0.25, 0.3) is 16.9 Å². The molecule has 2 rings (SSSR count). The van der Waals surface area contributed by atoms with E-state index in [9.17, 15) is 12.8 Å². The average molecular weight is 281 g/mol. The van der Waals surface area contributed by atoms with E-state index in [4.69, 9.17) is 0 Å². The molecule has 0 N–H and O–H groups in total. The predicted molar refractivity (Wildman–Crippen MR) is 72.4 cm³/mol. The Hall–Kier alpha value is -2.08. The first-order valence-electron chi connectivity index (χ1n) is 5.44. The van der Waals surface area contributed by atoms with Crippen LogP contribution in [0.2, 0.25) is 0 Å². The highest BCUT2D eigenvalue weighted by atomic mass is 32.2. The first-order valence-corrected chi connectivity index (χ1v) is 7.26. The van der Waals surface area contributed by atoms with Gasteiger partial charge >= 0.3 is 10.1 Å². The highest BCUT2D eigenvalue weighted by Crippen LogP contribution is 2.20. The van der Waals surface area contributed by atoms with Crippen LogP contribution in [-0.4, -0.2) is 19.2 Å². The van der Waals surface area contributed by atoms with E-state index in [1.54, 1.807) is 18.3 Å². The topological polar surface area (TPSA) is 48.3 Å². The summed E-state index contributed by atoms with van der Waals surface area (Å²) in [7, 11) is -3.56. The van der Waals surface area contributed by atoms with Crippen LogP contribution in [0.15, 0.2) is 54.9 Å². The Morgan fingerprint density at radius 3 is 2.79 bits per heavy atom. The van der Waals surface area contributed by atoms with Crippen LogP contribution in [0, 0.1) is 0 Å². The molecule has 6 heteroatoms. The van der Waals surface area contributed by atoms with E-state index in [1.807, 2.05) is 18.2 Å². The number of aromatic nitrogens is 1. The van der Waals surface area contributed by atoms with Crippen LogP contribution in [-0.2, 0) is 14.3 Å². The van der Waals surface area contributed by atoms with E-state index >= 15 is 0 Å². The molecule has 1 heterocycles. The van der Waals surface area contributed by atoms with Crippen molar-refractivity contribution in [2.75, 3.05) is 6.26 Å². The number of halogens is 1. The third kappa shape index (κ3) is 3.45. The minimum absolute atomic E-state index is 0.533. The van der Waals surface area contributed by atoms with Gasteiger partial charge in [0.25, 0.3) is 0 Å². The van der Waals surface area contributed by atoms with Crippen LogP contribution < -0.4 is 0 Å². The minimum atomic E-state index is -3.56. The molecule has 1 aromatic heterocycles. The molecule has 0 fully saturated rings. The smallest absolute Gasteiger partial charge is 0.305 e.